The molecule has 0 saturated carbocycles. The molecule has 4 nitrogen and oxygen atoms in total. The Kier molecular flexibility index (Phi) is 5.80. The van der Waals surface area contributed by atoms with E-state index in [2.05, 4.69) is 11.9 Å². The first-order valence-corrected chi connectivity index (χ1v) is 9.00. The maximum absolute atomic E-state index is 12.4. The van der Waals surface area contributed by atoms with Gasteiger partial charge in [-0.1, -0.05) is 43.3 Å². The highest BCUT2D eigenvalue weighted by Crippen LogP contribution is 2.17. The summed E-state index contributed by atoms with van der Waals surface area (Å²) in [6, 6.07) is 16.8. The van der Waals surface area contributed by atoms with E-state index in [1.807, 2.05) is 53.9 Å². The minimum atomic E-state index is -0.363. The summed E-state index contributed by atoms with van der Waals surface area (Å²) in [7, 11) is 0. The van der Waals surface area contributed by atoms with Gasteiger partial charge in [-0.15, -0.1) is 11.3 Å². The van der Waals surface area contributed by atoms with Crippen LogP contribution in [0.3, 0.4) is 0 Å². The van der Waals surface area contributed by atoms with Crippen molar-refractivity contribution in [3.8, 4) is 5.75 Å². The molecule has 0 radical (unpaired) electrons. The topological polar surface area (TPSA) is 48.4 Å². The lowest BCUT2D eigenvalue weighted by Gasteiger charge is -2.10. The van der Waals surface area contributed by atoms with E-state index in [1.165, 1.54) is 0 Å². The molecule has 0 aliphatic heterocycles. The van der Waals surface area contributed by atoms with E-state index < -0.39 is 0 Å². The number of esters is 1. The number of carbonyl (C=O) groups is 1. The third-order valence-electron chi connectivity index (χ3n) is 3.63. The molecular weight excluding hydrogens is 334 g/mol. The van der Waals surface area contributed by atoms with Gasteiger partial charge in [-0.3, -0.25) is 0 Å². The third kappa shape index (κ3) is 4.67. The number of rotatable bonds is 7. The van der Waals surface area contributed by atoms with Gasteiger partial charge in [0.05, 0.1) is 16.3 Å². The van der Waals surface area contributed by atoms with Crippen LogP contribution in [0.2, 0.25) is 0 Å². The van der Waals surface area contributed by atoms with Crippen LogP contribution < -0.4 is 4.74 Å². The number of carbonyl (C=O) groups excluding carboxylic acids is 1. The first-order chi connectivity index (χ1) is 12.3. The molecule has 0 amide bonds. The maximum atomic E-state index is 12.4. The third-order valence-corrected chi connectivity index (χ3v) is 4.67. The molecule has 25 heavy (non-hydrogen) atoms. The fourth-order valence-corrected chi connectivity index (χ4v) is 3.05. The Morgan fingerprint density at radius 1 is 1.04 bits per heavy atom. The van der Waals surface area contributed by atoms with E-state index >= 15 is 0 Å². The molecule has 0 atom stereocenters. The molecule has 3 rings (SSSR count). The Hall–Kier alpha value is -2.66. The summed E-state index contributed by atoms with van der Waals surface area (Å²) in [5, 5.41) is 2.97. The van der Waals surface area contributed by atoms with Crippen LogP contribution in [0.4, 0.5) is 0 Å². The molecule has 3 aromatic rings. The lowest BCUT2D eigenvalue weighted by Crippen LogP contribution is -2.10. The average molecular weight is 353 g/mol. The minimum Gasteiger partial charge on any atom is -0.489 e. The largest absolute Gasteiger partial charge is 0.489 e. The predicted molar refractivity (Wildman–Crippen MR) is 97.8 cm³/mol. The Morgan fingerprint density at radius 2 is 1.80 bits per heavy atom. The zero-order valence-electron chi connectivity index (χ0n) is 14.0. The number of hydrogen-bond donors (Lipinski definition) is 0. The van der Waals surface area contributed by atoms with Crippen molar-refractivity contribution in [3.05, 3.63) is 81.8 Å². The van der Waals surface area contributed by atoms with E-state index in [0.29, 0.717) is 12.2 Å². The normalized spacial score (nSPS) is 10.4. The van der Waals surface area contributed by atoms with Crippen molar-refractivity contribution in [1.82, 2.24) is 4.98 Å². The molecule has 0 bridgehead atoms. The summed E-state index contributed by atoms with van der Waals surface area (Å²) in [6.45, 7) is 2.55. The molecule has 0 fully saturated rings. The van der Waals surface area contributed by atoms with Gasteiger partial charge in [0.15, 0.2) is 0 Å². The molecule has 1 aromatic heterocycles. The second-order valence-electron chi connectivity index (χ2n) is 5.42. The smallest absolute Gasteiger partial charge is 0.338 e. The van der Waals surface area contributed by atoms with E-state index in [9.17, 15) is 4.79 Å². The van der Waals surface area contributed by atoms with Crippen LogP contribution in [0.1, 0.15) is 33.5 Å². The van der Waals surface area contributed by atoms with Crippen molar-refractivity contribution < 1.29 is 14.3 Å². The number of aryl methyl sites for hydroxylation is 1. The summed E-state index contributed by atoms with van der Waals surface area (Å²) in [6.07, 6.45) is 0.887. The highest BCUT2D eigenvalue weighted by Gasteiger charge is 2.14. The first-order valence-electron chi connectivity index (χ1n) is 8.12. The van der Waals surface area contributed by atoms with Crippen molar-refractivity contribution in [2.45, 2.75) is 26.6 Å². The molecule has 128 valence electrons. The second-order valence-corrected chi connectivity index (χ2v) is 6.36. The number of hydrogen-bond acceptors (Lipinski definition) is 5. The molecule has 0 N–H and O–H groups in total. The van der Waals surface area contributed by atoms with Crippen LogP contribution >= 0.6 is 11.3 Å². The SMILES string of the molecule is CCc1nc(COC(=O)c2ccccc2COc2ccccc2)cs1. The molecule has 2 aromatic carbocycles. The fraction of sp³-hybridized carbons (Fsp3) is 0.200. The second kappa shape index (κ2) is 8.44. The Morgan fingerprint density at radius 3 is 2.56 bits per heavy atom. The van der Waals surface area contributed by atoms with E-state index in [1.54, 1.807) is 17.4 Å². The summed E-state index contributed by atoms with van der Waals surface area (Å²) >= 11 is 1.58. The molecule has 0 spiro atoms. The van der Waals surface area contributed by atoms with E-state index in [4.69, 9.17) is 9.47 Å². The number of ether oxygens (including phenoxy) is 2. The highest BCUT2D eigenvalue weighted by atomic mass is 32.1. The molecule has 0 saturated heterocycles. The molecule has 5 heteroatoms. The predicted octanol–water partition coefficient (Wildman–Crippen LogP) is 4.64. The Bertz CT molecular complexity index is 830. The summed E-state index contributed by atoms with van der Waals surface area (Å²) in [5.74, 6) is 0.401. The molecule has 1 heterocycles. The number of para-hydroxylation sites is 1. The van der Waals surface area contributed by atoms with Gasteiger partial charge < -0.3 is 9.47 Å². The van der Waals surface area contributed by atoms with Gasteiger partial charge in [-0.2, -0.15) is 0 Å². The number of aromatic nitrogens is 1. The van der Waals surface area contributed by atoms with Crippen molar-refractivity contribution in [3.63, 3.8) is 0 Å². The van der Waals surface area contributed by atoms with Gasteiger partial charge in [-0.05, 0) is 24.6 Å². The van der Waals surface area contributed by atoms with Crippen molar-refractivity contribution in [2.75, 3.05) is 0 Å². The molecule has 0 aliphatic rings. The van der Waals surface area contributed by atoms with Gasteiger partial charge in [-0.25, -0.2) is 9.78 Å². The van der Waals surface area contributed by atoms with Crippen molar-refractivity contribution in [2.24, 2.45) is 0 Å². The quantitative estimate of drug-likeness (QED) is 0.581. The van der Waals surface area contributed by atoms with Crippen LogP contribution in [0.15, 0.2) is 60.0 Å². The van der Waals surface area contributed by atoms with Crippen LogP contribution in [-0.2, 0) is 24.4 Å². The van der Waals surface area contributed by atoms with E-state index in [0.717, 1.165) is 28.4 Å². The Labute approximate surface area is 151 Å². The van der Waals surface area contributed by atoms with Crippen LogP contribution in [0.5, 0.6) is 5.75 Å². The van der Waals surface area contributed by atoms with Gasteiger partial charge in [0.25, 0.3) is 0 Å². The summed E-state index contributed by atoms with van der Waals surface area (Å²) in [5.41, 5.74) is 2.10. The lowest BCUT2D eigenvalue weighted by molar-refractivity contribution is 0.0465. The lowest BCUT2D eigenvalue weighted by atomic mass is 10.1. The number of benzene rings is 2. The summed E-state index contributed by atoms with van der Waals surface area (Å²) < 4.78 is 11.2. The average Bonchev–Trinajstić information content (AvgIpc) is 3.14. The monoisotopic (exact) mass is 353 g/mol. The number of thiazole rings is 1. The number of nitrogens with zero attached hydrogens (tertiary/aromatic N) is 1. The van der Waals surface area contributed by atoms with Crippen molar-refractivity contribution >= 4 is 17.3 Å². The van der Waals surface area contributed by atoms with Gasteiger partial charge in [0, 0.05) is 10.9 Å². The van der Waals surface area contributed by atoms with Crippen LogP contribution in [-0.4, -0.2) is 11.0 Å². The summed E-state index contributed by atoms with van der Waals surface area (Å²) in [4.78, 5) is 16.8. The maximum Gasteiger partial charge on any atom is 0.338 e. The molecule has 0 unspecified atom stereocenters. The van der Waals surface area contributed by atoms with Gasteiger partial charge in [0.1, 0.15) is 19.0 Å². The van der Waals surface area contributed by atoms with E-state index in [-0.39, 0.29) is 12.6 Å². The highest BCUT2D eigenvalue weighted by molar-refractivity contribution is 7.09. The van der Waals surface area contributed by atoms with Crippen LogP contribution in [0, 0.1) is 0 Å². The minimum absolute atomic E-state index is 0.184. The Balaban J connectivity index is 1.63. The molecule has 0 aliphatic carbocycles. The first kappa shape index (κ1) is 17.2. The van der Waals surface area contributed by atoms with Gasteiger partial charge >= 0.3 is 5.97 Å². The zero-order valence-corrected chi connectivity index (χ0v) is 14.8. The van der Waals surface area contributed by atoms with Crippen LogP contribution in [0.25, 0.3) is 0 Å². The standard InChI is InChI=1S/C20H19NO3S/c1-2-19-21-16(14-25-19)13-24-20(22)18-11-7-6-8-15(18)12-23-17-9-4-3-5-10-17/h3-11,14H,2,12-13H2,1H3. The fourth-order valence-electron chi connectivity index (χ4n) is 2.32. The van der Waals surface area contributed by atoms with Gasteiger partial charge in [0.2, 0.25) is 0 Å². The molecular formula is C20H19NO3S. The van der Waals surface area contributed by atoms with Crippen molar-refractivity contribution in [1.29, 1.82) is 0 Å². The zero-order chi connectivity index (χ0) is 17.5.